The van der Waals surface area contributed by atoms with E-state index >= 15 is 0 Å². The van der Waals surface area contributed by atoms with Gasteiger partial charge in [0.2, 0.25) is 0 Å². The highest BCUT2D eigenvalue weighted by Gasteiger charge is 2.16. The molecule has 25 heavy (non-hydrogen) atoms. The molecule has 132 valence electrons. The molecule has 2 heterocycles. The maximum absolute atomic E-state index is 11.7. The van der Waals surface area contributed by atoms with E-state index in [2.05, 4.69) is 63.6 Å². The Morgan fingerprint density at radius 1 is 1.16 bits per heavy atom. The number of hydrogen-bond acceptors (Lipinski definition) is 5. The zero-order valence-corrected chi connectivity index (χ0v) is 14.6. The van der Waals surface area contributed by atoms with Gasteiger partial charge in [-0.05, 0) is 37.2 Å². The monoisotopic (exact) mass is 340 g/mol. The number of benzene rings is 1. The molecule has 0 amide bonds. The van der Waals surface area contributed by atoms with Gasteiger partial charge < -0.3 is 5.32 Å². The standard InChI is InChI=1S/C18H24N6O/c1-3-23(4-2)15(12-14-8-6-5-7-9-14)13-19-16-10-11-17-20-21-18(25)24(17)22-16/h5-11,15H,3-4,12-13H2,1-2H3,(H,19,22)(H,21,25)/t15-/m1/s1. The number of H-pyrrole nitrogens is 1. The summed E-state index contributed by atoms with van der Waals surface area (Å²) in [4.78, 5) is 14.1. The minimum atomic E-state index is -0.330. The second-order valence-electron chi connectivity index (χ2n) is 5.96. The highest BCUT2D eigenvalue weighted by molar-refractivity contribution is 5.43. The molecule has 0 aliphatic carbocycles. The number of nitrogens with zero attached hydrogens (tertiary/aromatic N) is 4. The summed E-state index contributed by atoms with van der Waals surface area (Å²) in [5.74, 6) is 0.668. The fourth-order valence-electron chi connectivity index (χ4n) is 3.08. The topological polar surface area (TPSA) is 78.3 Å². The van der Waals surface area contributed by atoms with Crippen LogP contribution in [0.3, 0.4) is 0 Å². The van der Waals surface area contributed by atoms with Crippen LogP contribution in [0.4, 0.5) is 5.82 Å². The third-order valence-electron chi connectivity index (χ3n) is 4.44. The Labute approximate surface area is 146 Å². The van der Waals surface area contributed by atoms with Crippen molar-refractivity contribution in [2.45, 2.75) is 26.3 Å². The second kappa shape index (κ2) is 7.94. The van der Waals surface area contributed by atoms with Crippen LogP contribution in [0.5, 0.6) is 0 Å². The fraction of sp³-hybridized carbons (Fsp3) is 0.389. The molecule has 0 unspecified atom stereocenters. The van der Waals surface area contributed by atoms with Gasteiger partial charge >= 0.3 is 5.69 Å². The highest BCUT2D eigenvalue weighted by Crippen LogP contribution is 2.11. The first kappa shape index (κ1) is 17.2. The lowest BCUT2D eigenvalue weighted by atomic mass is 10.0. The van der Waals surface area contributed by atoms with Gasteiger partial charge in [-0.2, -0.15) is 9.61 Å². The van der Waals surface area contributed by atoms with Crippen molar-refractivity contribution >= 4 is 11.5 Å². The molecular formula is C18H24N6O. The van der Waals surface area contributed by atoms with Crippen molar-refractivity contribution < 1.29 is 0 Å². The van der Waals surface area contributed by atoms with Crippen molar-refractivity contribution in [3.63, 3.8) is 0 Å². The summed E-state index contributed by atoms with van der Waals surface area (Å²) < 4.78 is 1.27. The number of aromatic amines is 1. The lowest BCUT2D eigenvalue weighted by Gasteiger charge is -2.30. The Balaban J connectivity index is 1.74. The van der Waals surface area contributed by atoms with Gasteiger partial charge in [0.1, 0.15) is 5.82 Å². The summed E-state index contributed by atoms with van der Waals surface area (Å²) in [7, 11) is 0. The first-order chi connectivity index (χ1) is 12.2. The van der Waals surface area contributed by atoms with Gasteiger partial charge in [0.05, 0.1) is 0 Å². The summed E-state index contributed by atoms with van der Waals surface area (Å²) in [6.45, 7) is 7.09. The molecule has 0 saturated heterocycles. The van der Waals surface area contributed by atoms with E-state index in [1.807, 2.05) is 12.1 Å². The van der Waals surface area contributed by atoms with E-state index in [4.69, 9.17) is 0 Å². The van der Waals surface area contributed by atoms with E-state index in [1.54, 1.807) is 6.07 Å². The third kappa shape index (κ3) is 4.06. The fourth-order valence-corrected chi connectivity index (χ4v) is 3.08. The molecule has 0 bridgehead atoms. The Bertz CT molecular complexity index is 853. The molecule has 2 N–H and O–H groups in total. The van der Waals surface area contributed by atoms with Gasteiger partial charge in [0, 0.05) is 12.6 Å². The Morgan fingerprint density at radius 3 is 2.64 bits per heavy atom. The van der Waals surface area contributed by atoms with E-state index < -0.39 is 0 Å². The SMILES string of the molecule is CCN(CC)[C@@H](CNc1ccc2n[nH]c(=O)n2n1)Cc1ccccc1. The zero-order valence-electron chi connectivity index (χ0n) is 14.6. The lowest BCUT2D eigenvalue weighted by Crippen LogP contribution is -2.41. The van der Waals surface area contributed by atoms with Gasteiger partial charge in [0.15, 0.2) is 5.65 Å². The van der Waals surface area contributed by atoms with Crippen LogP contribution in [-0.4, -0.2) is 50.4 Å². The Hall–Kier alpha value is -2.67. The molecule has 0 fully saturated rings. The smallest absolute Gasteiger partial charge is 0.364 e. The number of rotatable bonds is 8. The molecule has 1 aromatic carbocycles. The molecule has 0 aliphatic rings. The van der Waals surface area contributed by atoms with Crippen molar-refractivity contribution in [1.82, 2.24) is 24.7 Å². The van der Waals surface area contributed by atoms with Crippen LogP contribution in [-0.2, 0) is 6.42 Å². The molecule has 7 heteroatoms. The first-order valence-electron chi connectivity index (χ1n) is 8.67. The van der Waals surface area contributed by atoms with Gasteiger partial charge in [0.25, 0.3) is 0 Å². The summed E-state index contributed by atoms with van der Waals surface area (Å²) >= 11 is 0. The molecule has 3 aromatic rings. The molecule has 3 rings (SSSR count). The molecule has 1 atom stereocenters. The van der Waals surface area contributed by atoms with Crippen molar-refractivity contribution in [2.75, 3.05) is 25.0 Å². The number of hydrogen-bond donors (Lipinski definition) is 2. The quantitative estimate of drug-likeness (QED) is 0.653. The van der Waals surface area contributed by atoms with Crippen molar-refractivity contribution in [2.24, 2.45) is 0 Å². The average molecular weight is 340 g/mol. The van der Waals surface area contributed by atoms with Crippen LogP contribution in [0.1, 0.15) is 19.4 Å². The minimum absolute atomic E-state index is 0.330. The molecule has 7 nitrogen and oxygen atoms in total. The summed E-state index contributed by atoms with van der Waals surface area (Å²) in [5.41, 5.74) is 1.50. The van der Waals surface area contributed by atoms with E-state index in [0.717, 1.165) is 26.1 Å². The van der Waals surface area contributed by atoms with Crippen LogP contribution < -0.4 is 11.0 Å². The van der Waals surface area contributed by atoms with Crippen LogP contribution in [0.25, 0.3) is 5.65 Å². The average Bonchev–Trinajstić information content (AvgIpc) is 3.02. The van der Waals surface area contributed by atoms with E-state index in [-0.39, 0.29) is 5.69 Å². The third-order valence-corrected chi connectivity index (χ3v) is 4.44. The Kier molecular flexibility index (Phi) is 5.45. The lowest BCUT2D eigenvalue weighted by molar-refractivity contribution is 0.224. The number of aromatic nitrogens is 4. The largest absolute Gasteiger partial charge is 0.367 e. The van der Waals surface area contributed by atoms with Crippen LogP contribution in [0.15, 0.2) is 47.3 Å². The molecular weight excluding hydrogens is 316 g/mol. The van der Waals surface area contributed by atoms with Crippen LogP contribution in [0.2, 0.25) is 0 Å². The summed E-state index contributed by atoms with van der Waals surface area (Å²) in [5, 5.41) is 14.0. The second-order valence-corrected chi connectivity index (χ2v) is 5.96. The van der Waals surface area contributed by atoms with Gasteiger partial charge in [-0.3, -0.25) is 4.90 Å². The van der Waals surface area contributed by atoms with Crippen LogP contribution in [0, 0.1) is 0 Å². The van der Waals surface area contributed by atoms with Crippen LogP contribution >= 0.6 is 0 Å². The predicted octanol–water partition coefficient (Wildman–Crippen LogP) is 1.78. The molecule has 0 saturated carbocycles. The molecule has 0 spiro atoms. The van der Waals surface area contributed by atoms with Gasteiger partial charge in [-0.25, -0.2) is 9.89 Å². The van der Waals surface area contributed by atoms with E-state index in [1.165, 1.54) is 10.1 Å². The first-order valence-corrected chi connectivity index (χ1v) is 8.67. The van der Waals surface area contributed by atoms with Gasteiger partial charge in [-0.15, -0.1) is 5.10 Å². The molecule has 0 aliphatic heterocycles. The van der Waals surface area contributed by atoms with Crippen molar-refractivity contribution in [3.8, 4) is 0 Å². The van der Waals surface area contributed by atoms with E-state index in [9.17, 15) is 4.79 Å². The summed E-state index contributed by atoms with van der Waals surface area (Å²) in [6, 6.07) is 14.5. The molecule has 0 radical (unpaired) electrons. The van der Waals surface area contributed by atoms with E-state index in [0.29, 0.717) is 17.5 Å². The molecule has 2 aromatic heterocycles. The zero-order chi connectivity index (χ0) is 17.6. The highest BCUT2D eigenvalue weighted by atomic mass is 16.2. The van der Waals surface area contributed by atoms with Gasteiger partial charge in [-0.1, -0.05) is 44.2 Å². The number of anilines is 1. The number of likely N-dealkylation sites (N-methyl/N-ethyl adjacent to an activating group) is 1. The number of nitrogens with one attached hydrogen (secondary N) is 2. The maximum Gasteiger partial charge on any atom is 0.364 e. The minimum Gasteiger partial charge on any atom is -0.367 e. The normalized spacial score (nSPS) is 12.6. The summed E-state index contributed by atoms with van der Waals surface area (Å²) in [6.07, 6.45) is 0.962. The van der Waals surface area contributed by atoms with Crippen molar-refractivity contribution in [1.29, 1.82) is 0 Å². The number of fused-ring (bicyclic) bond motifs is 1. The maximum atomic E-state index is 11.7. The predicted molar refractivity (Wildman–Crippen MR) is 99.0 cm³/mol. The Morgan fingerprint density at radius 2 is 1.92 bits per heavy atom. The van der Waals surface area contributed by atoms with Crippen molar-refractivity contribution in [3.05, 3.63) is 58.5 Å².